The Bertz CT molecular complexity index is 329. The van der Waals surface area contributed by atoms with E-state index in [1.54, 1.807) is 0 Å². The van der Waals surface area contributed by atoms with Gasteiger partial charge in [0.05, 0.1) is 5.92 Å². The number of hydrogen-bond acceptors (Lipinski definition) is 3. The Morgan fingerprint density at radius 3 is 2.00 bits per heavy atom. The second kappa shape index (κ2) is 5.24. The molecular formula is C11H15NO3. The van der Waals surface area contributed by atoms with Crippen LogP contribution in [0, 0.1) is 5.92 Å². The van der Waals surface area contributed by atoms with Crippen molar-refractivity contribution in [3.8, 4) is 0 Å². The summed E-state index contributed by atoms with van der Waals surface area (Å²) in [6.45, 7) is 8.20. The zero-order valence-electron chi connectivity index (χ0n) is 9.24. The van der Waals surface area contributed by atoms with Gasteiger partial charge in [-0.1, -0.05) is 12.7 Å². The van der Waals surface area contributed by atoms with Gasteiger partial charge in [-0.05, 0) is 6.92 Å². The van der Waals surface area contributed by atoms with Crippen LogP contribution in [0.5, 0.6) is 0 Å². The molecule has 0 aliphatic carbocycles. The van der Waals surface area contributed by atoms with Gasteiger partial charge in [-0.25, -0.2) is 0 Å². The number of ketones is 2. The van der Waals surface area contributed by atoms with Crippen molar-refractivity contribution in [1.82, 2.24) is 4.90 Å². The third-order valence-corrected chi connectivity index (χ3v) is 1.96. The molecule has 4 nitrogen and oxygen atoms in total. The molecule has 0 aromatic heterocycles. The smallest absolute Gasteiger partial charge is 0.290 e. The molecule has 0 rings (SSSR count). The van der Waals surface area contributed by atoms with E-state index in [4.69, 9.17) is 0 Å². The predicted molar refractivity (Wildman–Crippen MR) is 57.2 cm³/mol. The van der Waals surface area contributed by atoms with Crippen LogP contribution >= 0.6 is 0 Å². The Morgan fingerprint density at radius 2 is 1.73 bits per heavy atom. The van der Waals surface area contributed by atoms with E-state index in [2.05, 4.69) is 13.2 Å². The van der Waals surface area contributed by atoms with Gasteiger partial charge in [0.25, 0.3) is 5.91 Å². The Labute approximate surface area is 89.3 Å². The lowest BCUT2D eigenvalue weighted by molar-refractivity contribution is -0.144. The Kier molecular flexibility index (Phi) is 4.64. The molecule has 0 spiro atoms. The molecule has 15 heavy (non-hydrogen) atoms. The van der Waals surface area contributed by atoms with Crippen LogP contribution in [0.1, 0.15) is 6.92 Å². The molecule has 0 aromatic carbocycles. The van der Waals surface area contributed by atoms with E-state index in [1.165, 1.54) is 27.1 Å². The summed E-state index contributed by atoms with van der Waals surface area (Å²) in [7, 11) is 2.94. The minimum absolute atomic E-state index is 0.0881. The predicted octanol–water partition coefficient (Wildman–Crippen LogP) is 0.591. The van der Waals surface area contributed by atoms with Crippen molar-refractivity contribution in [2.24, 2.45) is 5.92 Å². The normalized spacial score (nSPS) is 11.4. The molecule has 82 valence electrons. The van der Waals surface area contributed by atoms with Crippen molar-refractivity contribution >= 4 is 17.5 Å². The number of allylic oxidation sites excluding steroid dienone is 2. The van der Waals surface area contributed by atoms with Gasteiger partial charge in [0, 0.05) is 19.7 Å². The Balaban J connectivity index is 4.93. The fourth-order valence-electron chi connectivity index (χ4n) is 0.980. The molecule has 1 amide bonds. The first-order valence-corrected chi connectivity index (χ1v) is 4.40. The fourth-order valence-corrected chi connectivity index (χ4v) is 0.980. The average molecular weight is 209 g/mol. The second-order valence-electron chi connectivity index (χ2n) is 3.36. The minimum atomic E-state index is -0.919. The molecule has 0 aromatic rings. The van der Waals surface area contributed by atoms with Crippen LogP contribution in [0.3, 0.4) is 0 Å². The topological polar surface area (TPSA) is 54.5 Å². The van der Waals surface area contributed by atoms with Crippen molar-refractivity contribution in [2.45, 2.75) is 6.92 Å². The molecule has 1 unspecified atom stereocenters. The zero-order chi connectivity index (χ0) is 12.2. The molecule has 0 bridgehead atoms. The van der Waals surface area contributed by atoms with Gasteiger partial charge < -0.3 is 4.90 Å². The quantitative estimate of drug-likeness (QED) is 0.378. The third-order valence-electron chi connectivity index (χ3n) is 1.96. The first-order chi connectivity index (χ1) is 6.82. The highest BCUT2D eigenvalue weighted by molar-refractivity contribution is 6.38. The lowest BCUT2D eigenvalue weighted by Gasteiger charge is -2.14. The van der Waals surface area contributed by atoms with Crippen molar-refractivity contribution in [3.63, 3.8) is 0 Å². The van der Waals surface area contributed by atoms with E-state index in [0.29, 0.717) is 0 Å². The Morgan fingerprint density at radius 1 is 1.27 bits per heavy atom. The summed E-state index contributed by atoms with van der Waals surface area (Å²) < 4.78 is 0. The van der Waals surface area contributed by atoms with Crippen molar-refractivity contribution < 1.29 is 14.4 Å². The standard InChI is InChI=1S/C11H15NO3/c1-6-9(7(2)8(3)13)10(14)11(15)12(4)5/h6,9H,1-2H2,3-5H3. The molecule has 0 N–H and O–H groups in total. The number of carbonyl (C=O) groups is 3. The van der Waals surface area contributed by atoms with Crippen LogP contribution in [0.4, 0.5) is 0 Å². The van der Waals surface area contributed by atoms with E-state index in [1.807, 2.05) is 0 Å². The maximum Gasteiger partial charge on any atom is 0.290 e. The second-order valence-corrected chi connectivity index (χ2v) is 3.36. The van der Waals surface area contributed by atoms with E-state index in [-0.39, 0.29) is 11.4 Å². The molecule has 1 atom stereocenters. The van der Waals surface area contributed by atoms with Gasteiger partial charge in [0.15, 0.2) is 5.78 Å². The number of hydrogen-bond donors (Lipinski definition) is 0. The van der Waals surface area contributed by atoms with E-state index >= 15 is 0 Å². The van der Waals surface area contributed by atoms with Crippen molar-refractivity contribution in [3.05, 3.63) is 24.8 Å². The number of likely N-dealkylation sites (N-methyl/N-ethyl adjacent to an activating group) is 1. The molecule has 0 saturated carbocycles. The van der Waals surface area contributed by atoms with E-state index in [9.17, 15) is 14.4 Å². The third kappa shape index (κ3) is 3.16. The summed E-state index contributed by atoms with van der Waals surface area (Å²) in [5.41, 5.74) is 0.0881. The maximum absolute atomic E-state index is 11.6. The first-order valence-electron chi connectivity index (χ1n) is 4.40. The average Bonchev–Trinajstić information content (AvgIpc) is 2.16. The Hall–Kier alpha value is -1.71. The van der Waals surface area contributed by atoms with Crippen LogP contribution in [-0.2, 0) is 14.4 Å². The summed E-state index contributed by atoms with van der Waals surface area (Å²) in [4.78, 5) is 35.1. The molecule has 0 saturated heterocycles. The zero-order valence-corrected chi connectivity index (χ0v) is 9.24. The number of carbonyl (C=O) groups excluding carboxylic acids is 3. The van der Waals surface area contributed by atoms with Gasteiger partial charge in [0.2, 0.25) is 5.78 Å². The SMILES string of the molecule is C=CC(C(=C)C(C)=O)C(=O)C(=O)N(C)C. The number of nitrogens with zero attached hydrogens (tertiary/aromatic N) is 1. The largest absolute Gasteiger partial charge is 0.342 e. The highest BCUT2D eigenvalue weighted by Crippen LogP contribution is 2.13. The molecule has 0 heterocycles. The lowest BCUT2D eigenvalue weighted by atomic mass is 9.92. The van der Waals surface area contributed by atoms with Crippen LogP contribution in [0.15, 0.2) is 24.8 Å². The lowest BCUT2D eigenvalue weighted by Crippen LogP contribution is -2.35. The van der Waals surface area contributed by atoms with Crippen LogP contribution in [-0.4, -0.2) is 36.5 Å². The first kappa shape index (κ1) is 13.3. The van der Waals surface area contributed by atoms with Gasteiger partial charge in [0.1, 0.15) is 0 Å². The molecular weight excluding hydrogens is 194 g/mol. The van der Waals surface area contributed by atoms with E-state index in [0.717, 1.165) is 4.90 Å². The highest BCUT2D eigenvalue weighted by Gasteiger charge is 2.27. The summed E-state index contributed by atoms with van der Waals surface area (Å²) in [6, 6.07) is 0. The van der Waals surface area contributed by atoms with Crippen LogP contribution in [0.2, 0.25) is 0 Å². The monoisotopic (exact) mass is 209 g/mol. The summed E-state index contributed by atoms with van der Waals surface area (Å²) in [5, 5.41) is 0. The maximum atomic E-state index is 11.6. The molecule has 0 radical (unpaired) electrons. The summed E-state index contributed by atoms with van der Waals surface area (Å²) >= 11 is 0. The molecule has 0 aliphatic heterocycles. The summed E-state index contributed by atoms with van der Waals surface area (Å²) in [6.07, 6.45) is 1.26. The number of amides is 1. The fraction of sp³-hybridized carbons (Fsp3) is 0.364. The van der Waals surface area contributed by atoms with E-state index < -0.39 is 17.6 Å². The molecule has 4 heteroatoms. The summed E-state index contributed by atoms with van der Waals surface area (Å²) in [5.74, 6) is -2.59. The van der Waals surface area contributed by atoms with Crippen LogP contribution < -0.4 is 0 Å². The van der Waals surface area contributed by atoms with Gasteiger partial charge in [-0.15, -0.1) is 6.58 Å². The van der Waals surface area contributed by atoms with Gasteiger partial charge >= 0.3 is 0 Å². The molecule has 0 fully saturated rings. The molecule has 0 aliphatic rings. The van der Waals surface area contributed by atoms with Crippen LogP contribution in [0.25, 0.3) is 0 Å². The van der Waals surface area contributed by atoms with Gasteiger partial charge in [-0.2, -0.15) is 0 Å². The minimum Gasteiger partial charge on any atom is -0.342 e. The van der Waals surface area contributed by atoms with Crippen molar-refractivity contribution in [2.75, 3.05) is 14.1 Å². The highest BCUT2D eigenvalue weighted by atomic mass is 16.2. The number of Topliss-reactive ketones (excluding diaryl/α,β-unsaturated/α-hetero) is 2. The van der Waals surface area contributed by atoms with Crippen molar-refractivity contribution in [1.29, 1.82) is 0 Å². The van der Waals surface area contributed by atoms with Gasteiger partial charge in [-0.3, -0.25) is 14.4 Å². The number of rotatable bonds is 5.